The summed E-state index contributed by atoms with van der Waals surface area (Å²) in [6.45, 7) is 6.52. The first-order chi connectivity index (χ1) is 15.7. The highest BCUT2D eigenvalue weighted by Gasteiger charge is 2.39. The normalized spacial score (nSPS) is 24.1. The summed E-state index contributed by atoms with van der Waals surface area (Å²) in [5, 5.41) is 5.84. The van der Waals surface area contributed by atoms with Crippen molar-refractivity contribution in [2.24, 2.45) is 11.8 Å². The van der Waals surface area contributed by atoms with Gasteiger partial charge in [-0.2, -0.15) is 5.10 Å². The fraction of sp³-hybridized carbons (Fsp3) is 0.462. The van der Waals surface area contributed by atoms with Gasteiger partial charge in [-0.15, -0.1) is 0 Å². The maximum absolute atomic E-state index is 5.56. The molecule has 2 aliphatic heterocycles. The zero-order valence-corrected chi connectivity index (χ0v) is 18.8. The van der Waals surface area contributed by atoms with Crippen LogP contribution in [0, 0.1) is 18.8 Å². The van der Waals surface area contributed by atoms with E-state index in [0.717, 1.165) is 36.4 Å². The molecule has 2 atom stereocenters. The minimum absolute atomic E-state index is 0.594. The lowest BCUT2D eigenvalue weighted by atomic mass is 9.95. The van der Waals surface area contributed by atoms with E-state index in [4.69, 9.17) is 9.47 Å². The second-order valence-electron chi connectivity index (χ2n) is 9.46. The summed E-state index contributed by atoms with van der Waals surface area (Å²) < 4.78 is 12.8. The Bertz CT molecular complexity index is 1180. The maximum Gasteiger partial charge on any atom is 0.215 e. The molecule has 0 spiro atoms. The molecule has 2 aromatic heterocycles. The molecule has 6 heteroatoms. The fourth-order valence-corrected chi connectivity index (χ4v) is 5.87. The first-order valence-electron chi connectivity index (χ1n) is 11.7. The second-order valence-corrected chi connectivity index (χ2v) is 9.46. The highest BCUT2D eigenvalue weighted by Crippen LogP contribution is 2.43. The average molecular weight is 431 g/mol. The quantitative estimate of drug-likeness (QED) is 0.619. The summed E-state index contributed by atoms with van der Waals surface area (Å²) in [6.07, 6.45) is 9.87. The Hall–Kier alpha value is -2.70. The zero-order valence-electron chi connectivity index (χ0n) is 18.8. The lowest BCUT2D eigenvalue weighted by Crippen LogP contribution is -2.38. The second kappa shape index (κ2) is 8.01. The summed E-state index contributed by atoms with van der Waals surface area (Å²) in [5.41, 5.74) is 6.29. The molecule has 0 radical (unpaired) electrons. The minimum atomic E-state index is 0.594. The Kier molecular flexibility index (Phi) is 5.00. The minimum Gasteiger partial charge on any atom is -0.481 e. The number of likely N-dealkylation sites (tertiary alicyclic amines) is 1. The summed E-state index contributed by atoms with van der Waals surface area (Å²) in [5.74, 6) is 2.04. The Morgan fingerprint density at radius 3 is 2.81 bits per heavy atom. The number of hydrogen-bond acceptors (Lipinski definition) is 5. The lowest BCUT2D eigenvalue weighted by Gasteiger charge is -2.31. The third-order valence-electron chi connectivity index (χ3n) is 7.56. The van der Waals surface area contributed by atoms with E-state index in [-0.39, 0.29) is 0 Å². The standard InChI is InChI=1S/C26H30N4O2/c1-17-9-25-19(14-28-30(25)23-3-6-27-26(13-23)31-2)12-24(17)18-10-20-15-29(16-21(20)11-18)22-4-7-32-8-5-22/h3,6,9-10,12-14,20-22H,4-5,7-8,11,15-16H2,1-2H3/t20-,21+/m1/s1. The number of nitrogens with zero attached hydrogens (tertiary/aromatic N) is 4. The fourth-order valence-electron chi connectivity index (χ4n) is 5.87. The van der Waals surface area contributed by atoms with Gasteiger partial charge in [0, 0.05) is 50.0 Å². The van der Waals surface area contributed by atoms with Crippen LogP contribution in [0.2, 0.25) is 0 Å². The maximum atomic E-state index is 5.56. The van der Waals surface area contributed by atoms with E-state index < -0.39 is 0 Å². The van der Waals surface area contributed by atoms with E-state index >= 15 is 0 Å². The van der Waals surface area contributed by atoms with Crippen LogP contribution < -0.4 is 4.74 Å². The first-order valence-corrected chi connectivity index (χ1v) is 11.7. The van der Waals surface area contributed by atoms with Gasteiger partial charge in [0.25, 0.3) is 0 Å². The topological polar surface area (TPSA) is 52.4 Å². The smallest absolute Gasteiger partial charge is 0.215 e. The molecule has 1 aromatic carbocycles. The Morgan fingerprint density at radius 2 is 2.00 bits per heavy atom. The van der Waals surface area contributed by atoms with Gasteiger partial charge in [-0.3, -0.25) is 4.90 Å². The van der Waals surface area contributed by atoms with Gasteiger partial charge >= 0.3 is 0 Å². The summed E-state index contributed by atoms with van der Waals surface area (Å²) in [4.78, 5) is 6.94. The average Bonchev–Trinajstić information content (AvgIpc) is 3.52. The molecule has 166 valence electrons. The van der Waals surface area contributed by atoms with Crippen LogP contribution in [-0.2, 0) is 4.74 Å². The highest BCUT2D eigenvalue weighted by atomic mass is 16.5. The van der Waals surface area contributed by atoms with Gasteiger partial charge in [0.2, 0.25) is 5.88 Å². The number of allylic oxidation sites excluding steroid dienone is 1. The van der Waals surface area contributed by atoms with Crippen LogP contribution in [0.3, 0.4) is 0 Å². The third-order valence-corrected chi connectivity index (χ3v) is 7.56. The molecule has 2 saturated heterocycles. The molecule has 4 heterocycles. The number of rotatable bonds is 4. The van der Waals surface area contributed by atoms with Crippen molar-refractivity contribution >= 4 is 16.5 Å². The molecular weight excluding hydrogens is 400 g/mol. The highest BCUT2D eigenvalue weighted by molar-refractivity contribution is 5.87. The van der Waals surface area contributed by atoms with Crippen LogP contribution in [-0.4, -0.2) is 59.1 Å². The van der Waals surface area contributed by atoms with E-state index in [0.29, 0.717) is 11.8 Å². The molecule has 6 nitrogen and oxygen atoms in total. The molecule has 0 amide bonds. The summed E-state index contributed by atoms with van der Waals surface area (Å²) in [6, 6.07) is 9.20. The SMILES string of the molecule is COc1cc(-n2ncc3cc(C4=C[C@@H]5CN(C6CCOCC6)C[C@@H]5C4)c(C)cc32)ccn1. The number of fused-ring (bicyclic) bond motifs is 2. The van der Waals surface area contributed by atoms with Gasteiger partial charge in [0.1, 0.15) is 0 Å². The van der Waals surface area contributed by atoms with Gasteiger partial charge in [0.05, 0.1) is 24.5 Å². The number of benzene rings is 1. The molecule has 32 heavy (non-hydrogen) atoms. The molecular formula is C26H30N4O2. The van der Waals surface area contributed by atoms with Crippen LogP contribution in [0.25, 0.3) is 22.2 Å². The predicted octanol–water partition coefficient (Wildman–Crippen LogP) is 4.25. The van der Waals surface area contributed by atoms with Gasteiger partial charge in [-0.25, -0.2) is 9.67 Å². The predicted molar refractivity (Wildman–Crippen MR) is 125 cm³/mol. The molecule has 0 bridgehead atoms. The summed E-state index contributed by atoms with van der Waals surface area (Å²) >= 11 is 0. The molecule has 0 unspecified atom stereocenters. The molecule has 1 aliphatic carbocycles. The molecule has 0 saturated carbocycles. The van der Waals surface area contributed by atoms with E-state index in [2.05, 4.69) is 40.1 Å². The van der Waals surface area contributed by atoms with E-state index in [9.17, 15) is 0 Å². The molecule has 0 N–H and O–H groups in total. The van der Waals surface area contributed by atoms with Crippen molar-refractivity contribution in [1.29, 1.82) is 0 Å². The van der Waals surface area contributed by atoms with Crippen LogP contribution in [0.4, 0.5) is 0 Å². The summed E-state index contributed by atoms with van der Waals surface area (Å²) in [7, 11) is 1.64. The van der Waals surface area contributed by atoms with E-state index in [1.807, 2.05) is 23.0 Å². The molecule has 2 fully saturated rings. The first kappa shape index (κ1) is 19.9. The number of aryl methyl sites for hydroxylation is 1. The Morgan fingerprint density at radius 1 is 1.12 bits per heavy atom. The monoisotopic (exact) mass is 430 g/mol. The van der Waals surface area contributed by atoms with Crippen molar-refractivity contribution in [2.75, 3.05) is 33.4 Å². The van der Waals surface area contributed by atoms with Crippen molar-refractivity contribution in [2.45, 2.75) is 32.2 Å². The number of ether oxygens (including phenoxy) is 2. The molecule has 3 aromatic rings. The Labute approximate surface area is 188 Å². The van der Waals surface area contributed by atoms with Crippen molar-refractivity contribution < 1.29 is 9.47 Å². The van der Waals surface area contributed by atoms with Gasteiger partial charge in [0.15, 0.2) is 0 Å². The van der Waals surface area contributed by atoms with E-state index in [1.54, 1.807) is 13.3 Å². The van der Waals surface area contributed by atoms with Crippen LogP contribution >= 0.6 is 0 Å². The van der Waals surface area contributed by atoms with Gasteiger partial charge in [-0.05, 0) is 72.9 Å². The van der Waals surface area contributed by atoms with E-state index in [1.165, 1.54) is 54.4 Å². The number of methoxy groups -OCH3 is 1. The van der Waals surface area contributed by atoms with Crippen molar-refractivity contribution in [3.63, 3.8) is 0 Å². The number of pyridine rings is 1. The zero-order chi connectivity index (χ0) is 21.7. The Balaban J connectivity index is 1.26. The largest absolute Gasteiger partial charge is 0.481 e. The number of hydrogen-bond donors (Lipinski definition) is 0. The lowest BCUT2D eigenvalue weighted by molar-refractivity contribution is 0.0406. The van der Waals surface area contributed by atoms with Gasteiger partial charge in [-0.1, -0.05) is 6.08 Å². The third kappa shape index (κ3) is 3.42. The van der Waals surface area contributed by atoms with Crippen molar-refractivity contribution in [1.82, 2.24) is 19.7 Å². The van der Waals surface area contributed by atoms with Crippen LogP contribution in [0.5, 0.6) is 5.88 Å². The van der Waals surface area contributed by atoms with Crippen LogP contribution in [0.1, 0.15) is 30.4 Å². The van der Waals surface area contributed by atoms with Crippen molar-refractivity contribution in [3.05, 3.63) is 53.9 Å². The molecule has 6 rings (SSSR count). The van der Waals surface area contributed by atoms with Gasteiger partial charge < -0.3 is 9.47 Å². The molecule has 3 aliphatic rings. The number of aromatic nitrogens is 3. The van der Waals surface area contributed by atoms with Crippen molar-refractivity contribution in [3.8, 4) is 11.6 Å². The van der Waals surface area contributed by atoms with Crippen LogP contribution in [0.15, 0.2) is 42.7 Å².